The number of halogens is 1. The number of amides is 2. The quantitative estimate of drug-likeness (QED) is 0.377. The predicted molar refractivity (Wildman–Crippen MR) is 149 cm³/mol. The van der Waals surface area contributed by atoms with Gasteiger partial charge in [0.15, 0.2) is 0 Å². The number of likely N-dealkylation sites (N-methyl/N-ethyl adjacent to an activating group) is 1. The zero-order valence-corrected chi connectivity index (χ0v) is 23.4. The number of methoxy groups -OCH3 is 1. The number of carbonyl (C=O) groups is 2. The molecule has 0 fully saturated rings. The lowest BCUT2D eigenvalue weighted by molar-refractivity contribution is -0.140. The smallest absolute Gasteiger partial charge is 0.264 e. The van der Waals surface area contributed by atoms with Gasteiger partial charge >= 0.3 is 0 Å². The molecular weight excluding hydrogens is 526 g/mol. The fraction of sp³-hybridized carbons (Fsp3) is 0.286. The molecule has 8 nitrogen and oxygen atoms in total. The number of nitrogens with zero attached hydrogens (tertiary/aromatic N) is 2. The molecule has 202 valence electrons. The largest absolute Gasteiger partial charge is 0.497 e. The molecule has 0 unspecified atom stereocenters. The minimum absolute atomic E-state index is 0.00940. The van der Waals surface area contributed by atoms with E-state index in [0.717, 1.165) is 15.4 Å². The second-order valence-corrected chi connectivity index (χ2v) is 10.9. The third-order valence-electron chi connectivity index (χ3n) is 6.28. The number of sulfonamides is 1. The summed E-state index contributed by atoms with van der Waals surface area (Å²) < 4.78 is 33.8. The lowest BCUT2D eigenvalue weighted by Crippen LogP contribution is -2.51. The van der Waals surface area contributed by atoms with Crippen molar-refractivity contribution in [2.45, 2.75) is 37.8 Å². The van der Waals surface area contributed by atoms with E-state index in [1.54, 1.807) is 24.3 Å². The van der Waals surface area contributed by atoms with Gasteiger partial charge in [-0.2, -0.15) is 0 Å². The van der Waals surface area contributed by atoms with Gasteiger partial charge in [0.25, 0.3) is 10.0 Å². The highest BCUT2D eigenvalue weighted by Gasteiger charge is 2.33. The van der Waals surface area contributed by atoms with E-state index in [4.69, 9.17) is 16.3 Å². The van der Waals surface area contributed by atoms with Gasteiger partial charge < -0.3 is 15.0 Å². The maximum absolute atomic E-state index is 13.9. The van der Waals surface area contributed by atoms with E-state index in [0.29, 0.717) is 17.2 Å². The first-order chi connectivity index (χ1) is 18.1. The number of anilines is 1. The number of hydrogen-bond donors (Lipinski definition) is 1. The zero-order valence-electron chi connectivity index (χ0n) is 21.8. The molecule has 10 heteroatoms. The van der Waals surface area contributed by atoms with Crippen molar-refractivity contribution in [1.29, 1.82) is 0 Å². The molecule has 0 radical (unpaired) electrons. The lowest BCUT2D eigenvalue weighted by Gasteiger charge is -2.33. The van der Waals surface area contributed by atoms with E-state index >= 15 is 0 Å². The van der Waals surface area contributed by atoms with E-state index in [2.05, 4.69) is 5.32 Å². The van der Waals surface area contributed by atoms with Crippen molar-refractivity contribution >= 4 is 39.1 Å². The summed E-state index contributed by atoms with van der Waals surface area (Å²) in [6.45, 7) is 3.36. The van der Waals surface area contributed by atoms with Gasteiger partial charge in [-0.25, -0.2) is 8.42 Å². The van der Waals surface area contributed by atoms with Crippen LogP contribution in [0.15, 0.2) is 77.7 Å². The second-order valence-electron chi connectivity index (χ2n) is 8.65. The molecule has 0 aliphatic carbocycles. The zero-order chi connectivity index (χ0) is 27.9. The van der Waals surface area contributed by atoms with Gasteiger partial charge in [-0.15, -0.1) is 0 Å². The SMILES string of the molecule is CC[C@@H](C(=O)NC)N(Cc1ccccc1C)C(=O)CN(c1ccc(Cl)cc1)S(=O)(=O)c1ccc(OC)cc1. The molecule has 0 saturated heterocycles. The average molecular weight is 558 g/mol. The maximum Gasteiger partial charge on any atom is 0.264 e. The van der Waals surface area contributed by atoms with Crippen LogP contribution in [0, 0.1) is 6.92 Å². The summed E-state index contributed by atoms with van der Waals surface area (Å²) in [6.07, 6.45) is 0.351. The number of hydrogen-bond acceptors (Lipinski definition) is 5. The Morgan fingerprint density at radius 3 is 2.18 bits per heavy atom. The number of ether oxygens (including phenoxy) is 1. The van der Waals surface area contributed by atoms with Gasteiger partial charge in [0.1, 0.15) is 18.3 Å². The molecule has 3 rings (SSSR count). The highest BCUT2D eigenvalue weighted by atomic mass is 35.5. The van der Waals surface area contributed by atoms with Gasteiger partial charge in [-0.1, -0.05) is 42.8 Å². The minimum atomic E-state index is -4.17. The van der Waals surface area contributed by atoms with Crippen molar-refractivity contribution < 1.29 is 22.7 Å². The van der Waals surface area contributed by atoms with Gasteiger partial charge in [-0.05, 0) is 73.0 Å². The minimum Gasteiger partial charge on any atom is -0.497 e. The normalized spacial score (nSPS) is 11.9. The molecule has 0 aliphatic rings. The number of aryl methyl sites for hydroxylation is 1. The Kier molecular flexibility index (Phi) is 9.77. The van der Waals surface area contributed by atoms with Crippen molar-refractivity contribution in [2.24, 2.45) is 0 Å². The fourth-order valence-corrected chi connectivity index (χ4v) is 5.61. The molecule has 38 heavy (non-hydrogen) atoms. The van der Waals surface area contributed by atoms with E-state index in [9.17, 15) is 18.0 Å². The second kappa shape index (κ2) is 12.8. The average Bonchev–Trinajstić information content (AvgIpc) is 2.92. The van der Waals surface area contributed by atoms with Crippen molar-refractivity contribution in [2.75, 3.05) is 25.0 Å². The molecule has 0 bridgehead atoms. The van der Waals surface area contributed by atoms with Crippen LogP contribution >= 0.6 is 11.6 Å². The molecule has 3 aromatic carbocycles. The van der Waals surface area contributed by atoms with Gasteiger partial charge in [0.05, 0.1) is 17.7 Å². The van der Waals surface area contributed by atoms with E-state index < -0.39 is 28.5 Å². The Morgan fingerprint density at radius 2 is 1.63 bits per heavy atom. The Hall–Kier alpha value is -3.56. The Bertz CT molecular complexity index is 1360. The summed E-state index contributed by atoms with van der Waals surface area (Å²) in [7, 11) is -1.18. The van der Waals surface area contributed by atoms with Crippen LogP contribution in [0.4, 0.5) is 5.69 Å². The van der Waals surface area contributed by atoms with E-state index in [1.165, 1.54) is 43.3 Å². The van der Waals surface area contributed by atoms with E-state index in [-0.39, 0.29) is 23.0 Å². The van der Waals surface area contributed by atoms with Gasteiger partial charge in [-0.3, -0.25) is 13.9 Å². The molecule has 0 aromatic heterocycles. The molecule has 0 aliphatic heterocycles. The van der Waals surface area contributed by atoms with E-state index in [1.807, 2.05) is 38.1 Å². The Balaban J connectivity index is 2.06. The fourth-order valence-electron chi connectivity index (χ4n) is 4.07. The first-order valence-electron chi connectivity index (χ1n) is 12.1. The van der Waals surface area contributed by atoms with Crippen molar-refractivity contribution in [3.05, 3.63) is 88.9 Å². The highest BCUT2D eigenvalue weighted by molar-refractivity contribution is 7.92. The molecule has 2 amide bonds. The summed E-state index contributed by atoms with van der Waals surface area (Å²) in [5.41, 5.74) is 2.08. The van der Waals surface area contributed by atoms with Crippen molar-refractivity contribution in [3.8, 4) is 5.75 Å². The molecule has 0 heterocycles. The predicted octanol–water partition coefficient (Wildman–Crippen LogP) is 4.41. The number of benzene rings is 3. The van der Waals surface area contributed by atoms with Crippen LogP contribution in [0.1, 0.15) is 24.5 Å². The first kappa shape index (κ1) is 29.0. The monoisotopic (exact) mass is 557 g/mol. The van der Waals surface area contributed by atoms with Crippen molar-refractivity contribution in [3.63, 3.8) is 0 Å². The van der Waals surface area contributed by atoms with Crippen LogP contribution in [0.3, 0.4) is 0 Å². The van der Waals surface area contributed by atoms with Crippen molar-refractivity contribution in [1.82, 2.24) is 10.2 Å². The lowest BCUT2D eigenvalue weighted by atomic mass is 10.1. The van der Waals surface area contributed by atoms with Crippen LogP contribution in [0.2, 0.25) is 5.02 Å². The molecule has 1 atom stereocenters. The highest BCUT2D eigenvalue weighted by Crippen LogP contribution is 2.27. The topological polar surface area (TPSA) is 96.0 Å². The van der Waals surface area contributed by atoms with Gasteiger partial charge in [0.2, 0.25) is 11.8 Å². The summed E-state index contributed by atoms with van der Waals surface area (Å²) in [5.74, 6) is -0.347. The molecule has 3 aromatic rings. The summed E-state index contributed by atoms with van der Waals surface area (Å²) in [6, 6.07) is 18.9. The summed E-state index contributed by atoms with van der Waals surface area (Å²) >= 11 is 6.05. The van der Waals surface area contributed by atoms with Crippen LogP contribution in [-0.2, 0) is 26.2 Å². The first-order valence-corrected chi connectivity index (χ1v) is 13.9. The molecular formula is C28H32ClN3O5S. The Morgan fingerprint density at radius 1 is 1.00 bits per heavy atom. The standard InChI is InChI=1S/C28H32ClN3O5S/c1-5-26(28(34)30-3)31(18-21-9-7-6-8-20(21)2)27(33)19-32(23-12-10-22(29)11-13-23)38(35,36)25-16-14-24(37-4)15-17-25/h6-17,26H,5,18-19H2,1-4H3,(H,30,34)/t26-/m0/s1. The van der Waals surface area contributed by atoms with Crippen LogP contribution in [0.5, 0.6) is 5.75 Å². The summed E-state index contributed by atoms with van der Waals surface area (Å²) in [5, 5.41) is 3.04. The third-order valence-corrected chi connectivity index (χ3v) is 8.32. The Labute approximate surface area is 229 Å². The molecule has 1 N–H and O–H groups in total. The number of carbonyl (C=O) groups excluding carboxylic acids is 2. The molecule has 0 spiro atoms. The number of rotatable bonds is 11. The summed E-state index contributed by atoms with van der Waals surface area (Å²) in [4.78, 5) is 28.1. The number of nitrogens with one attached hydrogen (secondary N) is 1. The van der Waals surface area contributed by atoms with Crippen LogP contribution in [-0.4, -0.2) is 51.9 Å². The molecule has 0 saturated carbocycles. The van der Waals surface area contributed by atoms with Gasteiger partial charge in [0, 0.05) is 18.6 Å². The van der Waals surface area contributed by atoms with Crippen LogP contribution < -0.4 is 14.4 Å². The maximum atomic E-state index is 13.9. The third kappa shape index (κ3) is 6.65. The van der Waals surface area contributed by atoms with Crippen LogP contribution in [0.25, 0.3) is 0 Å².